The number of benzene rings is 1. The molecule has 0 saturated carbocycles. The molecule has 1 aromatic carbocycles. The lowest BCUT2D eigenvalue weighted by atomic mass is 10.2. The van der Waals surface area contributed by atoms with E-state index in [0.717, 1.165) is 0 Å². The van der Waals surface area contributed by atoms with Crippen LogP contribution in [0.3, 0.4) is 0 Å². The maximum atomic E-state index is 10.5. The Hall–Kier alpha value is -0.950. The number of hydrogen-bond acceptors (Lipinski definition) is 4. The Bertz CT molecular complexity index is 435. The Labute approximate surface area is 90.0 Å². The van der Waals surface area contributed by atoms with Crippen LogP contribution in [0, 0.1) is 10.1 Å². The maximum Gasteiger partial charge on any atom is 0.274 e. The van der Waals surface area contributed by atoms with Crippen molar-refractivity contribution in [2.24, 2.45) is 0 Å². The standard InChI is InChI=1S/C7H6BrNO4S/c8-6-2-1-5(4-14(12)13)7(3-6)9(10)11/h1-3,14H,4H2. The van der Waals surface area contributed by atoms with Gasteiger partial charge in [0.05, 0.1) is 10.7 Å². The van der Waals surface area contributed by atoms with Gasteiger partial charge in [-0.15, -0.1) is 0 Å². The van der Waals surface area contributed by atoms with Crippen LogP contribution in [0.5, 0.6) is 0 Å². The molecule has 0 radical (unpaired) electrons. The highest BCUT2D eigenvalue weighted by Crippen LogP contribution is 2.23. The predicted molar refractivity (Wildman–Crippen MR) is 54.8 cm³/mol. The number of hydrogen-bond donors (Lipinski definition) is 1. The molecule has 7 heteroatoms. The second-order valence-electron chi connectivity index (χ2n) is 2.52. The Morgan fingerprint density at radius 2 is 2.07 bits per heavy atom. The van der Waals surface area contributed by atoms with E-state index in [-0.39, 0.29) is 17.0 Å². The van der Waals surface area contributed by atoms with Crippen LogP contribution >= 0.6 is 15.9 Å². The summed E-state index contributed by atoms with van der Waals surface area (Å²) in [6.45, 7) is 0. The molecule has 0 aliphatic heterocycles. The second kappa shape index (κ2) is 4.52. The van der Waals surface area contributed by atoms with Gasteiger partial charge in [0.1, 0.15) is 10.7 Å². The summed E-state index contributed by atoms with van der Waals surface area (Å²) in [5.74, 6) is -0.307. The van der Waals surface area contributed by atoms with Gasteiger partial charge in [0.2, 0.25) is 0 Å². The van der Waals surface area contributed by atoms with E-state index in [4.69, 9.17) is 0 Å². The fraction of sp³-hybridized carbons (Fsp3) is 0.143. The Kier molecular flexibility index (Phi) is 3.59. The molecule has 0 amide bonds. The molecule has 0 spiro atoms. The van der Waals surface area contributed by atoms with Crippen LogP contribution in [-0.2, 0) is 16.5 Å². The molecular formula is C7H6BrNO4S. The maximum absolute atomic E-state index is 10.5. The van der Waals surface area contributed by atoms with E-state index < -0.39 is 15.6 Å². The molecule has 1 aromatic rings. The van der Waals surface area contributed by atoms with Crippen molar-refractivity contribution in [2.75, 3.05) is 0 Å². The van der Waals surface area contributed by atoms with Gasteiger partial charge in [-0.05, 0) is 6.07 Å². The molecular weight excluding hydrogens is 274 g/mol. The van der Waals surface area contributed by atoms with Gasteiger partial charge in [-0.3, -0.25) is 10.1 Å². The lowest BCUT2D eigenvalue weighted by molar-refractivity contribution is -0.385. The molecule has 1 rings (SSSR count). The Morgan fingerprint density at radius 1 is 1.43 bits per heavy atom. The van der Waals surface area contributed by atoms with E-state index in [1.807, 2.05) is 0 Å². The topological polar surface area (TPSA) is 77.3 Å². The summed E-state index contributed by atoms with van der Waals surface area (Å²) in [4.78, 5) is 9.95. The lowest BCUT2D eigenvalue weighted by Crippen LogP contribution is -1.96. The number of nitrogens with zero attached hydrogens (tertiary/aromatic N) is 1. The van der Waals surface area contributed by atoms with Gasteiger partial charge < -0.3 is 0 Å². The Balaban J connectivity index is 3.21. The molecule has 0 aliphatic rings. The molecule has 0 aliphatic carbocycles. The first-order valence-corrected chi connectivity index (χ1v) is 5.71. The van der Waals surface area contributed by atoms with Crippen LogP contribution < -0.4 is 0 Å². The quantitative estimate of drug-likeness (QED) is 0.516. The lowest BCUT2D eigenvalue weighted by Gasteiger charge is -1.98. The molecule has 0 atom stereocenters. The average molecular weight is 280 g/mol. The fourth-order valence-electron chi connectivity index (χ4n) is 0.980. The van der Waals surface area contributed by atoms with E-state index in [9.17, 15) is 18.5 Å². The minimum absolute atomic E-state index is 0.182. The zero-order chi connectivity index (χ0) is 10.7. The molecule has 0 unspecified atom stereocenters. The predicted octanol–water partition coefficient (Wildman–Crippen LogP) is 1.47. The molecule has 0 saturated heterocycles. The first-order valence-electron chi connectivity index (χ1n) is 3.55. The molecule has 0 N–H and O–H groups in total. The van der Waals surface area contributed by atoms with Gasteiger partial charge in [0, 0.05) is 16.1 Å². The second-order valence-corrected chi connectivity index (χ2v) is 4.42. The summed E-state index contributed by atoms with van der Waals surface area (Å²) in [5.41, 5.74) is 0.0212. The number of nitro benzene ring substituents is 1. The fourth-order valence-corrected chi connectivity index (χ4v) is 1.87. The van der Waals surface area contributed by atoms with Crippen molar-refractivity contribution < 1.29 is 13.3 Å². The smallest absolute Gasteiger partial charge is 0.258 e. The van der Waals surface area contributed by atoms with Crippen LogP contribution in [0.2, 0.25) is 0 Å². The molecule has 0 aromatic heterocycles. The normalized spacial score (nSPS) is 10.4. The highest BCUT2D eigenvalue weighted by Gasteiger charge is 2.14. The third-order valence-electron chi connectivity index (χ3n) is 1.54. The summed E-state index contributed by atoms with van der Waals surface area (Å²) < 4.78 is 21.4. The van der Waals surface area contributed by atoms with Crippen molar-refractivity contribution in [1.29, 1.82) is 0 Å². The molecule has 0 heterocycles. The number of rotatable bonds is 3. The monoisotopic (exact) mass is 279 g/mol. The Morgan fingerprint density at radius 3 is 2.57 bits per heavy atom. The largest absolute Gasteiger partial charge is 0.274 e. The average Bonchev–Trinajstić information content (AvgIpc) is 2.07. The summed E-state index contributed by atoms with van der Waals surface area (Å²) in [6.07, 6.45) is 0. The molecule has 5 nitrogen and oxygen atoms in total. The van der Waals surface area contributed by atoms with Gasteiger partial charge in [-0.25, -0.2) is 8.42 Å². The molecule has 14 heavy (non-hydrogen) atoms. The summed E-state index contributed by atoms with van der Waals surface area (Å²) in [7, 11) is -2.65. The number of nitro groups is 1. The van der Waals surface area contributed by atoms with Gasteiger partial charge in [-0.2, -0.15) is 0 Å². The SMILES string of the molecule is O=[N+]([O-])c1cc(Br)ccc1C[SH](=O)=O. The van der Waals surface area contributed by atoms with Crippen molar-refractivity contribution in [3.05, 3.63) is 38.3 Å². The first kappa shape index (κ1) is 11.1. The van der Waals surface area contributed by atoms with Crippen LogP contribution in [-0.4, -0.2) is 13.3 Å². The zero-order valence-electron chi connectivity index (χ0n) is 6.84. The van der Waals surface area contributed by atoms with Crippen molar-refractivity contribution >= 4 is 32.3 Å². The van der Waals surface area contributed by atoms with Gasteiger partial charge in [0.25, 0.3) is 5.69 Å². The van der Waals surface area contributed by atoms with Crippen molar-refractivity contribution in [3.63, 3.8) is 0 Å². The van der Waals surface area contributed by atoms with Crippen LogP contribution in [0.1, 0.15) is 5.56 Å². The summed E-state index contributed by atoms with van der Waals surface area (Å²) >= 11 is 3.08. The van der Waals surface area contributed by atoms with Crippen molar-refractivity contribution in [1.82, 2.24) is 0 Å². The zero-order valence-corrected chi connectivity index (χ0v) is 9.32. The third kappa shape index (κ3) is 2.78. The first-order chi connectivity index (χ1) is 6.50. The van der Waals surface area contributed by atoms with E-state index in [0.29, 0.717) is 4.47 Å². The van der Waals surface area contributed by atoms with Gasteiger partial charge >= 0.3 is 0 Å². The third-order valence-corrected chi connectivity index (χ3v) is 2.64. The molecule has 76 valence electrons. The number of thiol groups is 1. The van der Waals surface area contributed by atoms with E-state index >= 15 is 0 Å². The minimum Gasteiger partial charge on any atom is -0.258 e. The van der Waals surface area contributed by atoms with E-state index in [2.05, 4.69) is 15.9 Å². The minimum atomic E-state index is -2.65. The van der Waals surface area contributed by atoms with Crippen LogP contribution in [0.4, 0.5) is 5.69 Å². The van der Waals surface area contributed by atoms with Crippen LogP contribution in [0.25, 0.3) is 0 Å². The van der Waals surface area contributed by atoms with Crippen molar-refractivity contribution in [2.45, 2.75) is 5.75 Å². The van der Waals surface area contributed by atoms with Crippen LogP contribution in [0.15, 0.2) is 22.7 Å². The van der Waals surface area contributed by atoms with Crippen molar-refractivity contribution in [3.8, 4) is 0 Å². The van der Waals surface area contributed by atoms with E-state index in [1.54, 1.807) is 6.07 Å². The highest BCUT2D eigenvalue weighted by atomic mass is 79.9. The summed E-state index contributed by atoms with van der Waals surface area (Å²) in [6, 6.07) is 4.28. The molecule has 0 fully saturated rings. The summed E-state index contributed by atoms with van der Waals surface area (Å²) in [5, 5.41) is 10.5. The van der Waals surface area contributed by atoms with Gasteiger partial charge in [-0.1, -0.05) is 22.0 Å². The van der Waals surface area contributed by atoms with E-state index in [1.165, 1.54) is 12.1 Å². The molecule has 0 bridgehead atoms. The van der Waals surface area contributed by atoms with Gasteiger partial charge in [0.15, 0.2) is 0 Å². The highest BCUT2D eigenvalue weighted by molar-refractivity contribution is 9.10. The number of halogens is 1.